The number of hydrogen-bond acceptors (Lipinski definition) is 6. The van der Waals surface area contributed by atoms with Crippen LogP contribution < -0.4 is 5.32 Å². The lowest BCUT2D eigenvalue weighted by atomic mass is 10.2. The maximum Gasteiger partial charge on any atom is 0.330 e. The van der Waals surface area contributed by atoms with E-state index in [0.717, 1.165) is 17.7 Å². The molecule has 0 spiro atoms. The molecule has 1 fully saturated rings. The fourth-order valence-corrected chi connectivity index (χ4v) is 2.71. The predicted octanol–water partition coefficient (Wildman–Crippen LogP) is 2.17. The van der Waals surface area contributed by atoms with Crippen LogP contribution in [0.3, 0.4) is 0 Å². The summed E-state index contributed by atoms with van der Waals surface area (Å²) in [5.74, 6) is -0.513. The van der Waals surface area contributed by atoms with Crippen molar-refractivity contribution in [3.63, 3.8) is 0 Å². The molecular weight excluding hydrogens is 330 g/mol. The molecule has 1 atom stereocenters. The van der Waals surface area contributed by atoms with Crippen LogP contribution in [0.25, 0.3) is 0 Å². The maximum absolute atomic E-state index is 12.6. The predicted molar refractivity (Wildman–Crippen MR) is 90.7 cm³/mol. The maximum atomic E-state index is 12.6. The van der Waals surface area contributed by atoms with Gasteiger partial charge in [-0.05, 0) is 33.6 Å². The topological polar surface area (TPSA) is 80.8 Å². The Labute approximate surface area is 146 Å². The van der Waals surface area contributed by atoms with Crippen LogP contribution in [-0.2, 0) is 20.8 Å². The molecule has 8 heteroatoms. The number of rotatable bonds is 7. The van der Waals surface area contributed by atoms with E-state index in [1.165, 1.54) is 18.4 Å². The quantitative estimate of drug-likeness (QED) is 0.758. The molecule has 1 saturated carbocycles. The largest absolute Gasteiger partial charge is 0.467 e. The Morgan fingerprint density at radius 3 is 2.67 bits per heavy atom. The van der Waals surface area contributed by atoms with E-state index in [4.69, 9.17) is 9.47 Å². The molecule has 2 rings (SSSR count). The molecule has 0 aromatic carbocycles. The molecule has 0 unspecified atom stereocenters. The summed E-state index contributed by atoms with van der Waals surface area (Å²) < 4.78 is 10.4. The van der Waals surface area contributed by atoms with Gasteiger partial charge in [0.25, 0.3) is 0 Å². The average Bonchev–Trinajstić information content (AvgIpc) is 3.23. The molecule has 1 aliphatic rings. The van der Waals surface area contributed by atoms with Crippen molar-refractivity contribution < 1.29 is 19.1 Å². The lowest BCUT2D eigenvalue weighted by molar-refractivity contribution is -0.146. The molecule has 134 valence electrons. The summed E-state index contributed by atoms with van der Waals surface area (Å²) in [7, 11) is 1.30. The van der Waals surface area contributed by atoms with E-state index in [2.05, 4.69) is 10.3 Å². The van der Waals surface area contributed by atoms with Gasteiger partial charge in [0.15, 0.2) is 6.04 Å². The summed E-state index contributed by atoms with van der Waals surface area (Å²) in [6.07, 6.45) is 3.72. The number of nitrogens with one attached hydrogen (secondary N) is 1. The summed E-state index contributed by atoms with van der Waals surface area (Å²) in [6, 6.07) is -0.892. The molecule has 7 nitrogen and oxygen atoms in total. The van der Waals surface area contributed by atoms with E-state index < -0.39 is 17.6 Å². The van der Waals surface area contributed by atoms with Crippen molar-refractivity contribution in [3.8, 4) is 0 Å². The van der Waals surface area contributed by atoms with Crippen LogP contribution >= 0.6 is 11.3 Å². The minimum atomic E-state index is -0.829. The van der Waals surface area contributed by atoms with Gasteiger partial charge in [-0.2, -0.15) is 0 Å². The highest BCUT2D eigenvalue weighted by atomic mass is 32.1. The standard InChI is InChI=1S/C16H25N3O4S/c1-16(2,3)23-9-13(14(20)22-4)18-15(21)19(11-5-6-11)8-12-7-17-10-24-12/h7,10-11,13H,5-6,8-9H2,1-4H3,(H,18,21)/t13-/m0/s1. The smallest absolute Gasteiger partial charge is 0.330 e. The molecule has 0 bridgehead atoms. The number of carbonyl (C=O) groups excluding carboxylic acids is 2. The van der Waals surface area contributed by atoms with Gasteiger partial charge in [-0.3, -0.25) is 4.98 Å². The van der Waals surface area contributed by atoms with Gasteiger partial charge in [0.05, 0.1) is 31.4 Å². The molecular formula is C16H25N3O4S. The van der Waals surface area contributed by atoms with Gasteiger partial charge in [-0.1, -0.05) is 0 Å². The number of nitrogens with zero attached hydrogens (tertiary/aromatic N) is 2. The minimum absolute atomic E-state index is 0.0704. The molecule has 0 radical (unpaired) electrons. The monoisotopic (exact) mass is 355 g/mol. The number of urea groups is 1. The van der Waals surface area contributed by atoms with Crippen LogP contribution in [0.4, 0.5) is 4.79 Å². The van der Waals surface area contributed by atoms with Gasteiger partial charge < -0.3 is 19.7 Å². The highest BCUT2D eigenvalue weighted by Crippen LogP contribution is 2.29. The van der Waals surface area contributed by atoms with E-state index >= 15 is 0 Å². The minimum Gasteiger partial charge on any atom is -0.467 e. The average molecular weight is 355 g/mol. The Morgan fingerprint density at radius 2 is 2.17 bits per heavy atom. The molecule has 0 aliphatic heterocycles. The van der Waals surface area contributed by atoms with Crippen molar-refractivity contribution in [2.75, 3.05) is 13.7 Å². The van der Waals surface area contributed by atoms with Crippen LogP contribution in [0.5, 0.6) is 0 Å². The van der Waals surface area contributed by atoms with Gasteiger partial charge in [-0.25, -0.2) is 9.59 Å². The van der Waals surface area contributed by atoms with Gasteiger partial charge in [0, 0.05) is 17.1 Å². The zero-order chi connectivity index (χ0) is 17.7. The van der Waals surface area contributed by atoms with Crippen LogP contribution in [-0.4, -0.2) is 53.3 Å². The summed E-state index contributed by atoms with van der Waals surface area (Å²) in [6.45, 7) is 6.24. The summed E-state index contributed by atoms with van der Waals surface area (Å²) in [5, 5.41) is 2.75. The van der Waals surface area contributed by atoms with Crippen molar-refractivity contribution in [1.29, 1.82) is 0 Å². The lowest BCUT2D eigenvalue weighted by Crippen LogP contribution is -2.51. The van der Waals surface area contributed by atoms with Gasteiger partial charge in [0.1, 0.15) is 0 Å². The highest BCUT2D eigenvalue weighted by Gasteiger charge is 2.35. The second-order valence-electron chi connectivity index (χ2n) is 6.78. The number of hydrogen-bond donors (Lipinski definition) is 1. The Bertz CT molecular complexity index is 552. The third-order valence-electron chi connectivity index (χ3n) is 3.52. The molecule has 1 aromatic heterocycles. The van der Waals surface area contributed by atoms with Crippen molar-refractivity contribution in [3.05, 3.63) is 16.6 Å². The zero-order valence-electron chi connectivity index (χ0n) is 14.6. The molecule has 1 heterocycles. The molecule has 0 saturated heterocycles. The van der Waals surface area contributed by atoms with Crippen molar-refractivity contribution in [1.82, 2.24) is 15.2 Å². The number of amides is 2. The van der Waals surface area contributed by atoms with Gasteiger partial charge in [0.2, 0.25) is 0 Å². The fourth-order valence-electron chi connectivity index (χ4n) is 2.12. The summed E-state index contributed by atoms with van der Waals surface area (Å²) in [5.41, 5.74) is 1.34. The second-order valence-corrected chi connectivity index (χ2v) is 7.75. The fraction of sp³-hybridized carbons (Fsp3) is 0.688. The molecule has 2 amide bonds. The Kier molecular flexibility index (Phi) is 6.17. The van der Waals surface area contributed by atoms with Crippen molar-refractivity contribution in [2.45, 2.75) is 57.8 Å². The van der Waals surface area contributed by atoms with Gasteiger partial charge >= 0.3 is 12.0 Å². The number of methoxy groups -OCH3 is 1. The number of carbonyl (C=O) groups is 2. The molecule has 1 aliphatic carbocycles. The normalized spacial score (nSPS) is 15.7. The summed E-state index contributed by atoms with van der Waals surface area (Å²) in [4.78, 5) is 31.4. The van der Waals surface area contributed by atoms with E-state index in [1.54, 1.807) is 16.6 Å². The first-order chi connectivity index (χ1) is 11.3. The third kappa shape index (κ3) is 5.76. The molecule has 24 heavy (non-hydrogen) atoms. The third-order valence-corrected chi connectivity index (χ3v) is 4.29. The number of thiazole rings is 1. The van der Waals surface area contributed by atoms with E-state index in [-0.39, 0.29) is 18.7 Å². The van der Waals surface area contributed by atoms with E-state index in [1.807, 2.05) is 20.8 Å². The molecule has 1 N–H and O–H groups in total. The number of aromatic nitrogens is 1. The Morgan fingerprint density at radius 1 is 1.46 bits per heavy atom. The first-order valence-corrected chi connectivity index (χ1v) is 8.84. The Balaban J connectivity index is 1.99. The van der Waals surface area contributed by atoms with E-state index in [9.17, 15) is 9.59 Å². The first-order valence-electron chi connectivity index (χ1n) is 7.96. The summed E-state index contributed by atoms with van der Waals surface area (Å²) >= 11 is 1.51. The first kappa shape index (κ1) is 18.7. The second kappa shape index (κ2) is 7.94. The zero-order valence-corrected chi connectivity index (χ0v) is 15.4. The van der Waals surface area contributed by atoms with Crippen LogP contribution in [0.15, 0.2) is 11.7 Å². The molecule has 1 aromatic rings. The van der Waals surface area contributed by atoms with E-state index in [0.29, 0.717) is 6.54 Å². The van der Waals surface area contributed by atoms with Crippen LogP contribution in [0, 0.1) is 0 Å². The van der Waals surface area contributed by atoms with Crippen LogP contribution in [0.1, 0.15) is 38.5 Å². The van der Waals surface area contributed by atoms with Gasteiger partial charge in [-0.15, -0.1) is 11.3 Å². The number of ether oxygens (including phenoxy) is 2. The highest BCUT2D eigenvalue weighted by molar-refractivity contribution is 7.09. The SMILES string of the molecule is COC(=O)[C@H](COC(C)(C)C)NC(=O)N(Cc1cncs1)C1CC1. The van der Waals surface area contributed by atoms with Crippen molar-refractivity contribution >= 4 is 23.3 Å². The lowest BCUT2D eigenvalue weighted by Gasteiger charge is -2.27. The van der Waals surface area contributed by atoms with Crippen LogP contribution in [0.2, 0.25) is 0 Å². The number of esters is 1. The van der Waals surface area contributed by atoms with Crippen molar-refractivity contribution in [2.24, 2.45) is 0 Å². The Hall–Kier alpha value is -1.67.